The quantitative estimate of drug-likeness (QED) is 0.719. The molecule has 0 aromatic rings. The van der Waals surface area contributed by atoms with Crippen LogP contribution in [0.1, 0.15) is 26.2 Å². The average Bonchev–Trinajstić information content (AvgIpc) is 2.49. The Kier molecular flexibility index (Phi) is 3.33. The summed E-state index contributed by atoms with van der Waals surface area (Å²) in [4.78, 5) is 2.45. The van der Waals surface area contributed by atoms with Gasteiger partial charge in [-0.3, -0.25) is 0 Å². The first kappa shape index (κ1) is 11.4. The summed E-state index contributed by atoms with van der Waals surface area (Å²) >= 11 is 0. The molecule has 2 aliphatic rings. The molecule has 0 aromatic carbocycles. The van der Waals surface area contributed by atoms with E-state index in [4.69, 9.17) is 0 Å². The van der Waals surface area contributed by atoms with Gasteiger partial charge in [-0.25, -0.2) is 0 Å². The van der Waals surface area contributed by atoms with Crippen molar-refractivity contribution in [2.24, 2.45) is 11.3 Å². The summed E-state index contributed by atoms with van der Waals surface area (Å²) < 4.78 is 0. The van der Waals surface area contributed by atoms with E-state index in [2.05, 4.69) is 24.2 Å². The van der Waals surface area contributed by atoms with Crippen molar-refractivity contribution in [2.45, 2.75) is 32.3 Å². The Morgan fingerprint density at radius 2 is 2.20 bits per heavy atom. The number of nitrogens with zero attached hydrogens (tertiary/aromatic N) is 1. The van der Waals surface area contributed by atoms with Gasteiger partial charge in [0.25, 0.3) is 0 Å². The number of hydrogen-bond donors (Lipinski definition) is 2. The van der Waals surface area contributed by atoms with Gasteiger partial charge in [0.05, 0.1) is 6.10 Å². The normalized spacial score (nSPS) is 40.8. The van der Waals surface area contributed by atoms with E-state index in [0.717, 1.165) is 31.8 Å². The third-order valence-corrected chi connectivity index (χ3v) is 3.89. The minimum absolute atomic E-state index is 0.00728. The van der Waals surface area contributed by atoms with E-state index in [1.165, 1.54) is 19.5 Å². The molecule has 1 saturated heterocycles. The molecule has 2 N–H and O–H groups in total. The lowest BCUT2D eigenvalue weighted by atomic mass is 9.81. The monoisotopic (exact) mass is 212 g/mol. The molecule has 1 heterocycles. The van der Waals surface area contributed by atoms with Crippen molar-refractivity contribution in [3.05, 3.63) is 0 Å². The summed E-state index contributed by atoms with van der Waals surface area (Å²) in [5, 5.41) is 12.7. The lowest BCUT2D eigenvalue weighted by Gasteiger charge is -2.37. The zero-order valence-electron chi connectivity index (χ0n) is 10.00. The molecular weight excluding hydrogens is 188 g/mol. The summed E-state index contributed by atoms with van der Waals surface area (Å²) in [5.41, 5.74) is 0.469. The maximum atomic E-state index is 9.24. The summed E-state index contributed by atoms with van der Waals surface area (Å²) in [6.07, 6.45) is 3.32. The van der Waals surface area contributed by atoms with Crippen molar-refractivity contribution in [2.75, 3.05) is 33.2 Å². The van der Waals surface area contributed by atoms with Crippen molar-refractivity contribution < 1.29 is 5.11 Å². The van der Waals surface area contributed by atoms with Gasteiger partial charge in [-0.15, -0.1) is 0 Å². The van der Waals surface area contributed by atoms with Crippen LogP contribution in [0.3, 0.4) is 0 Å². The summed E-state index contributed by atoms with van der Waals surface area (Å²) in [7, 11) is 2.22. The Morgan fingerprint density at radius 3 is 2.73 bits per heavy atom. The number of rotatable bonds is 4. The molecule has 0 aromatic heterocycles. The molecule has 1 saturated carbocycles. The highest BCUT2D eigenvalue weighted by Gasteiger charge is 2.32. The van der Waals surface area contributed by atoms with Crippen LogP contribution in [0.5, 0.6) is 0 Å². The maximum absolute atomic E-state index is 9.24. The van der Waals surface area contributed by atoms with E-state index in [9.17, 15) is 5.11 Å². The van der Waals surface area contributed by atoms with Crippen LogP contribution in [0.2, 0.25) is 0 Å². The van der Waals surface area contributed by atoms with Crippen LogP contribution in [-0.2, 0) is 0 Å². The second-order valence-corrected chi connectivity index (χ2v) is 5.93. The lowest BCUT2D eigenvalue weighted by molar-refractivity contribution is 0.0236. The third kappa shape index (κ3) is 2.92. The van der Waals surface area contributed by atoms with Crippen LogP contribution in [0, 0.1) is 11.3 Å². The van der Waals surface area contributed by atoms with Gasteiger partial charge in [-0.1, -0.05) is 6.92 Å². The van der Waals surface area contributed by atoms with E-state index in [1.54, 1.807) is 0 Å². The fourth-order valence-corrected chi connectivity index (χ4v) is 3.01. The molecule has 1 aliphatic heterocycles. The van der Waals surface area contributed by atoms with E-state index >= 15 is 0 Å². The molecular formula is C12H24N2O. The molecule has 15 heavy (non-hydrogen) atoms. The molecule has 2 rings (SSSR count). The minimum atomic E-state index is -0.00728. The van der Waals surface area contributed by atoms with Crippen LogP contribution in [0.4, 0.5) is 0 Å². The van der Waals surface area contributed by atoms with Gasteiger partial charge in [-0.2, -0.15) is 0 Å². The zero-order chi connectivity index (χ0) is 10.9. The van der Waals surface area contributed by atoms with Gasteiger partial charge in [0.2, 0.25) is 0 Å². The highest BCUT2D eigenvalue weighted by molar-refractivity contribution is 4.87. The molecule has 0 spiro atoms. The molecule has 0 bridgehead atoms. The molecule has 3 nitrogen and oxygen atoms in total. The SMILES string of the molecule is CN(CC1CC(O)C1)CC1(C)CCNC1. The molecule has 0 amide bonds. The predicted molar refractivity (Wildman–Crippen MR) is 61.8 cm³/mol. The number of aliphatic hydroxyl groups excluding tert-OH is 1. The van der Waals surface area contributed by atoms with Crippen LogP contribution in [-0.4, -0.2) is 49.3 Å². The number of aliphatic hydroxyl groups is 1. The van der Waals surface area contributed by atoms with Crippen molar-refractivity contribution in [1.82, 2.24) is 10.2 Å². The second kappa shape index (κ2) is 4.40. The summed E-state index contributed by atoms with van der Waals surface area (Å²) in [6, 6.07) is 0. The van der Waals surface area contributed by atoms with Gasteiger partial charge in [-0.05, 0) is 44.2 Å². The van der Waals surface area contributed by atoms with Crippen LogP contribution >= 0.6 is 0 Å². The fraction of sp³-hybridized carbons (Fsp3) is 1.00. The molecule has 3 heteroatoms. The minimum Gasteiger partial charge on any atom is -0.393 e. The number of hydrogen-bond acceptors (Lipinski definition) is 3. The predicted octanol–water partition coefficient (Wildman–Crippen LogP) is 0.689. The van der Waals surface area contributed by atoms with Crippen molar-refractivity contribution in [3.8, 4) is 0 Å². The highest BCUT2D eigenvalue weighted by atomic mass is 16.3. The first-order valence-electron chi connectivity index (χ1n) is 6.15. The Morgan fingerprint density at radius 1 is 1.47 bits per heavy atom. The van der Waals surface area contributed by atoms with Gasteiger partial charge in [0, 0.05) is 19.6 Å². The van der Waals surface area contributed by atoms with E-state index in [1.807, 2.05) is 0 Å². The third-order valence-electron chi connectivity index (χ3n) is 3.89. The smallest absolute Gasteiger partial charge is 0.0546 e. The molecule has 1 unspecified atom stereocenters. The average molecular weight is 212 g/mol. The molecule has 1 aliphatic carbocycles. The van der Waals surface area contributed by atoms with Crippen LogP contribution in [0.15, 0.2) is 0 Å². The molecule has 2 fully saturated rings. The van der Waals surface area contributed by atoms with Crippen molar-refractivity contribution >= 4 is 0 Å². The Balaban J connectivity index is 1.69. The first-order chi connectivity index (χ1) is 7.07. The zero-order valence-corrected chi connectivity index (χ0v) is 10.00. The van der Waals surface area contributed by atoms with E-state index < -0.39 is 0 Å². The van der Waals surface area contributed by atoms with Crippen LogP contribution < -0.4 is 5.32 Å². The largest absolute Gasteiger partial charge is 0.393 e. The highest BCUT2D eigenvalue weighted by Crippen LogP contribution is 2.30. The van der Waals surface area contributed by atoms with E-state index in [0.29, 0.717) is 5.41 Å². The van der Waals surface area contributed by atoms with Gasteiger partial charge in [0.1, 0.15) is 0 Å². The van der Waals surface area contributed by atoms with E-state index in [-0.39, 0.29) is 6.10 Å². The summed E-state index contributed by atoms with van der Waals surface area (Å²) in [6.45, 7) is 7.05. The van der Waals surface area contributed by atoms with Crippen molar-refractivity contribution in [1.29, 1.82) is 0 Å². The molecule has 88 valence electrons. The second-order valence-electron chi connectivity index (χ2n) is 5.93. The van der Waals surface area contributed by atoms with Crippen molar-refractivity contribution in [3.63, 3.8) is 0 Å². The molecule has 0 radical (unpaired) electrons. The Hall–Kier alpha value is -0.120. The first-order valence-corrected chi connectivity index (χ1v) is 6.15. The van der Waals surface area contributed by atoms with Gasteiger partial charge >= 0.3 is 0 Å². The Bertz CT molecular complexity index is 208. The topological polar surface area (TPSA) is 35.5 Å². The number of nitrogens with one attached hydrogen (secondary N) is 1. The van der Waals surface area contributed by atoms with Crippen LogP contribution in [0.25, 0.3) is 0 Å². The van der Waals surface area contributed by atoms with Gasteiger partial charge < -0.3 is 15.3 Å². The Labute approximate surface area is 92.8 Å². The standard InChI is InChI=1S/C12H24N2O/c1-12(3-4-13-8-12)9-14(2)7-10-5-11(15)6-10/h10-11,13,15H,3-9H2,1-2H3. The molecule has 1 atom stereocenters. The lowest BCUT2D eigenvalue weighted by Crippen LogP contribution is -2.41. The van der Waals surface area contributed by atoms with Gasteiger partial charge in [0.15, 0.2) is 0 Å². The summed E-state index contributed by atoms with van der Waals surface area (Å²) in [5.74, 6) is 0.739. The fourth-order valence-electron chi connectivity index (χ4n) is 3.01. The maximum Gasteiger partial charge on any atom is 0.0546 e.